The van der Waals surface area contributed by atoms with E-state index in [1.807, 2.05) is 48.5 Å². The minimum atomic E-state index is 0.898. The number of aromatic nitrogens is 2. The maximum absolute atomic E-state index is 4.57. The Bertz CT molecular complexity index is 647. The summed E-state index contributed by atoms with van der Waals surface area (Å²) in [5.41, 5.74) is 4.24. The molecule has 0 unspecified atom stereocenters. The Labute approximate surface area is 99.6 Å². The van der Waals surface area contributed by atoms with E-state index in [2.05, 4.69) is 22.6 Å². The van der Waals surface area contributed by atoms with Gasteiger partial charge in [0, 0.05) is 5.56 Å². The number of para-hydroxylation sites is 2. The highest BCUT2D eigenvalue weighted by Crippen LogP contribution is 2.21. The van der Waals surface area contributed by atoms with Crippen molar-refractivity contribution >= 4 is 17.1 Å². The van der Waals surface area contributed by atoms with Gasteiger partial charge in [-0.15, -0.1) is 0 Å². The third-order valence-electron chi connectivity index (χ3n) is 2.79. The Morgan fingerprint density at radius 3 is 2.76 bits per heavy atom. The Morgan fingerprint density at radius 2 is 1.94 bits per heavy atom. The Balaban J connectivity index is 2.16. The Kier molecular flexibility index (Phi) is 2.26. The monoisotopic (exact) mass is 220 g/mol. The average Bonchev–Trinajstić information content (AvgIpc) is 2.82. The molecule has 1 aromatic heterocycles. The highest BCUT2D eigenvalue weighted by Gasteiger charge is 2.04. The molecular formula is C15H12N2. The summed E-state index contributed by atoms with van der Waals surface area (Å²) in [4.78, 5) is 7.89. The molecule has 0 aliphatic carbocycles. The summed E-state index contributed by atoms with van der Waals surface area (Å²) in [5, 5.41) is 0. The van der Waals surface area contributed by atoms with E-state index >= 15 is 0 Å². The molecule has 0 aliphatic heterocycles. The maximum Gasteiger partial charge on any atom is 0.138 e. The number of nitrogens with one attached hydrogen (secondary N) is 1. The van der Waals surface area contributed by atoms with Crippen molar-refractivity contribution in [3.63, 3.8) is 0 Å². The quantitative estimate of drug-likeness (QED) is 0.697. The van der Waals surface area contributed by atoms with Gasteiger partial charge in [-0.2, -0.15) is 0 Å². The third kappa shape index (κ3) is 1.74. The number of imidazole rings is 1. The number of hydrogen-bond acceptors (Lipinski definition) is 1. The van der Waals surface area contributed by atoms with Gasteiger partial charge in [0.2, 0.25) is 0 Å². The van der Waals surface area contributed by atoms with Crippen molar-refractivity contribution in [2.45, 2.75) is 0 Å². The van der Waals surface area contributed by atoms with Crippen LogP contribution in [0.5, 0.6) is 0 Å². The Hall–Kier alpha value is -2.35. The van der Waals surface area contributed by atoms with Gasteiger partial charge in [0.25, 0.3) is 0 Å². The summed E-state index contributed by atoms with van der Waals surface area (Å²) < 4.78 is 0. The molecular weight excluding hydrogens is 208 g/mol. The maximum atomic E-state index is 4.57. The molecule has 0 atom stereocenters. The van der Waals surface area contributed by atoms with Crippen molar-refractivity contribution in [3.8, 4) is 11.4 Å². The molecule has 2 aromatic carbocycles. The smallest absolute Gasteiger partial charge is 0.138 e. The first-order valence-corrected chi connectivity index (χ1v) is 5.54. The zero-order chi connectivity index (χ0) is 11.7. The number of fused-ring (bicyclic) bond motifs is 1. The summed E-state index contributed by atoms with van der Waals surface area (Å²) in [6.45, 7) is 3.78. The van der Waals surface area contributed by atoms with Crippen LogP contribution in [0.25, 0.3) is 28.5 Å². The van der Waals surface area contributed by atoms with Crippen molar-refractivity contribution in [2.75, 3.05) is 0 Å². The second-order valence-corrected chi connectivity index (χ2v) is 3.93. The second kappa shape index (κ2) is 3.91. The van der Waals surface area contributed by atoms with Gasteiger partial charge in [0.15, 0.2) is 0 Å². The van der Waals surface area contributed by atoms with E-state index in [9.17, 15) is 0 Å². The normalized spacial score (nSPS) is 10.6. The topological polar surface area (TPSA) is 28.7 Å². The third-order valence-corrected chi connectivity index (χ3v) is 2.79. The van der Waals surface area contributed by atoms with Crippen LogP contribution in [0.3, 0.4) is 0 Å². The lowest BCUT2D eigenvalue weighted by molar-refractivity contribution is 1.33. The first-order valence-electron chi connectivity index (χ1n) is 5.54. The lowest BCUT2D eigenvalue weighted by atomic mass is 10.1. The fraction of sp³-hybridized carbons (Fsp3) is 0. The molecule has 3 rings (SSSR count). The van der Waals surface area contributed by atoms with E-state index in [1.54, 1.807) is 0 Å². The second-order valence-electron chi connectivity index (χ2n) is 3.93. The predicted molar refractivity (Wildman–Crippen MR) is 71.6 cm³/mol. The van der Waals surface area contributed by atoms with E-state index in [1.165, 1.54) is 0 Å². The summed E-state index contributed by atoms with van der Waals surface area (Å²) in [6.07, 6.45) is 1.84. The fourth-order valence-electron chi connectivity index (χ4n) is 1.90. The van der Waals surface area contributed by atoms with E-state index in [-0.39, 0.29) is 0 Å². The minimum Gasteiger partial charge on any atom is -0.338 e. The molecule has 3 aromatic rings. The molecule has 2 nitrogen and oxygen atoms in total. The van der Waals surface area contributed by atoms with Gasteiger partial charge in [-0.3, -0.25) is 0 Å². The molecule has 17 heavy (non-hydrogen) atoms. The number of rotatable bonds is 2. The van der Waals surface area contributed by atoms with Gasteiger partial charge >= 0.3 is 0 Å². The highest BCUT2D eigenvalue weighted by atomic mass is 14.9. The van der Waals surface area contributed by atoms with E-state index in [0.717, 1.165) is 28.0 Å². The molecule has 0 fully saturated rings. The zero-order valence-corrected chi connectivity index (χ0v) is 9.35. The van der Waals surface area contributed by atoms with E-state index < -0.39 is 0 Å². The van der Waals surface area contributed by atoms with Gasteiger partial charge < -0.3 is 4.98 Å². The summed E-state index contributed by atoms with van der Waals surface area (Å²) in [5.74, 6) is 0.898. The Morgan fingerprint density at radius 1 is 1.06 bits per heavy atom. The highest BCUT2D eigenvalue weighted by molar-refractivity contribution is 5.79. The van der Waals surface area contributed by atoms with Crippen molar-refractivity contribution in [1.82, 2.24) is 9.97 Å². The fourth-order valence-corrected chi connectivity index (χ4v) is 1.90. The molecule has 0 bridgehead atoms. The van der Waals surface area contributed by atoms with Gasteiger partial charge in [0.05, 0.1) is 11.0 Å². The minimum absolute atomic E-state index is 0.898. The van der Waals surface area contributed by atoms with Crippen LogP contribution in [0, 0.1) is 0 Å². The number of hydrogen-bond donors (Lipinski definition) is 1. The van der Waals surface area contributed by atoms with Crippen LogP contribution in [0.2, 0.25) is 0 Å². The molecule has 2 heteroatoms. The predicted octanol–water partition coefficient (Wildman–Crippen LogP) is 3.87. The van der Waals surface area contributed by atoms with Gasteiger partial charge in [0.1, 0.15) is 5.82 Å². The molecule has 0 amide bonds. The van der Waals surface area contributed by atoms with Gasteiger partial charge in [-0.25, -0.2) is 4.98 Å². The summed E-state index contributed by atoms with van der Waals surface area (Å²) in [6, 6.07) is 16.2. The van der Waals surface area contributed by atoms with Crippen LogP contribution < -0.4 is 0 Å². The van der Waals surface area contributed by atoms with Crippen LogP contribution in [0.4, 0.5) is 0 Å². The SMILES string of the molecule is C=Cc1cccc(-c2nc3ccccc3[nH]2)c1. The summed E-state index contributed by atoms with van der Waals surface area (Å²) >= 11 is 0. The lowest BCUT2D eigenvalue weighted by Gasteiger charge is -1.98. The van der Waals surface area contributed by atoms with Crippen molar-refractivity contribution in [1.29, 1.82) is 0 Å². The molecule has 0 radical (unpaired) electrons. The average molecular weight is 220 g/mol. The molecule has 1 heterocycles. The lowest BCUT2D eigenvalue weighted by Crippen LogP contribution is -1.81. The largest absolute Gasteiger partial charge is 0.338 e. The number of H-pyrrole nitrogens is 1. The van der Waals surface area contributed by atoms with Crippen molar-refractivity contribution < 1.29 is 0 Å². The zero-order valence-electron chi connectivity index (χ0n) is 9.35. The first kappa shape index (κ1) is 9.85. The van der Waals surface area contributed by atoms with E-state index in [0.29, 0.717) is 0 Å². The molecule has 1 N–H and O–H groups in total. The van der Waals surface area contributed by atoms with Crippen molar-refractivity contribution in [2.24, 2.45) is 0 Å². The molecule has 82 valence electrons. The van der Waals surface area contributed by atoms with Gasteiger partial charge in [-0.1, -0.05) is 43.0 Å². The molecule has 0 spiro atoms. The van der Waals surface area contributed by atoms with Crippen LogP contribution >= 0.6 is 0 Å². The molecule has 0 aliphatic rings. The molecule has 0 saturated carbocycles. The van der Waals surface area contributed by atoms with Crippen LogP contribution in [0.1, 0.15) is 5.56 Å². The van der Waals surface area contributed by atoms with Gasteiger partial charge in [-0.05, 0) is 23.8 Å². The summed E-state index contributed by atoms with van der Waals surface area (Å²) in [7, 11) is 0. The number of aromatic amines is 1. The van der Waals surface area contributed by atoms with Crippen molar-refractivity contribution in [3.05, 3.63) is 60.7 Å². The number of benzene rings is 2. The van der Waals surface area contributed by atoms with Crippen LogP contribution in [0.15, 0.2) is 55.1 Å². The van der Waals surface area contributed by atoms with Crippen LogP contribution in [-0.2, 0) is 0 Å². The first-order chi connectivity index (χ1) is 8.36. The standard InChI is InChI=1S/C15H12N2/c1-2-11-6-5-7-12(10-11)15-16-13-8-3-4-9-14(13)17-15/h2-10H,1H2,(H,16,17). The van der Waals surface area contributed by atoms with Crippen LogP contribution in [-0.4, -0.2) is 9.97 Å². The number of nitrogens with zero attached hydrogens (tertiary/aromatic N) is 1. The van der Waals surface area contributed by atoms with E-state index in [4.69, 9.17) is 0 Å². The molecule has 0 saturated heterocycles.